The van der Waals surface area contributed by atoms with E-state index in [-0.39, 0.29) is 43.0 Å². The lowest BCUT2D eigenvalue weighted by Gasteiger charge is -2.43. The number of nitrogens with zero attached hydrogens (tertiary/aromatic N) is 3. The highest BCUT2D eigenvalue weighted by molar-refractivity contribution is 7.10. The minimum absolute atomic E-state index is 0. The van der Waals surface area contributed by atoms with E-state index in [0.717, 1.165) is 22.7 Å². The molecule has 1 atom stereocenters. The van der Waals surface area contributed by atoms with Crippen LogP contribution in [0.15, 0.2) is 41.9 Å². The number of anilines is 1. The Balaban J connectivity index is 0.00000353. The van der Waals surface area contributed by atoms with Crippen LogP contribution in [-0.2, 0) is 27.3 Å². The molecule has 42 heavy (non-hydrogen) atoms. The fourth-order valence-corrected chi connectivity index (χ4v) is 7.55. The molecule has 3 aromatic rings. The van der Waals surface area contributed by atoms with Crippen molar-refractivity contribution in [2.45, 2.75) is 95.7 Å². The molecule has 3 fully saturated rings. The Morgan fingerprint density at radius 1 is 1.05 bits per heavy atom. The van der Waals surface area contributed by atoms with Gasteiger partial charge in [0.25, 0.3) is 5.91 Å². The van der Waals surface area contributed by atoms with Gasteiger partial charge >= 0.3 is 0 Å². The maximum atomic E-state index is 12.7. The van der Waals surface area contributed by atoms with E-state index in [1.54, 1.807) is 6.20 Å². The number of hydrogen-bond donors (Lipinski definition) is 3. The molecule has 1 aromatic carbocycles. The molecule has 1 unspecified atom stereocenters. The van der Waals surface area contributed by atoms with Gasteiger partial charge in [0, 0.05) is 40.5 Å². The number of benzene rings is 1. The maximum Gasteiger partial charge on any atom is 0.251 e. The van der Waals surface area contributed by atoms with E-state index in [9.17, 15) is 14.4 Å². The summed E-state index contributed by atoms with van der Waals surface area (Å²) in [5.74, 6) is -0.696. The molecule has 3 amide bonds. The number of rotatable bonds is 8. The third-order valence-electron chi connectivity index (χ3n) is 9.12. The number of thiophene rings is 1. The SMILES string of the molecule is Cl.O=C1CCC(n2cc(-c3csc(CC(=O)Nc4ccc(CNC5CCC6(CCCCC6)CC5)cc4)c3)nn2)C(=O)N1. The molecule has 0 radical (unpaired) electrons. The number of nitrogens with one attached hydrogen (secondary N) is 3. The molecule has 0 bridgehead atoms. The van der Waals surface area contributed by atoms with E-state index < -0.39 is 6.04 Å². The van der Waals surface area contributed by atoms with Gasteiger partial charge in [-0.1, -0.05) is 36.6 Å². The molecule has 1 saturated heterocycles. The highest BCUT2D eigenvalue weighted by Crippen LogP contribution is 2.47. The van der Waals surface area contributed by atoms with Crippen LogP contribution in [0.3, 0.4) is 0 Å². The van der Waals surface area contributed by atoms with E-state index in [1.807, 2.05) is 23.6 Å². The average molecular weight is 611 g/mol. The number of halogens is 1. The number of hydrogen-bond acceptors (Lipinski definition) is 7. The Kier molecular flexibility index (Phi) is 9.75. The number of aromatic nitrogens is 3. The highest BCUT2D eigenvalue weighted by Gasteiger charge is 2.36. The largest absolute Gasteiger partial charge is 0.326 e. The van der Waals surface area contributed by atoms with Crippen molar-refractivity contribution in [2.24, 2.45) is 5.41 Å². The normalized spacial score (nSPS) is 20.6. The first-order chi connectivity index (χ1) is 19.9. The van der Waals surface area contributed by atoms with Crippen LogP contribution in [0.1, 0.15) is 87.1 Å². The van der Waals surface area contributed by atoms with Crippen molar-refractivity contribution < 1.29 is 14.4 Å². The molecule has 3 N–H and O–H groups in total. The van der Waals surface area contributed by atoms with Gasteiger partial charge in [0.05, 0.1) is 12.6 Å². The number of amides is 3. The van der Waals surface area contributed by atoms with Crippen molar-refractivity contribution >= 4 is 47.2 Å². The topological polar surface area (TPSA) is 118 Å². The van der Waals surface area contributed by atoms with Crippen LogP contribution in [0.4, 0.5) is 5.69 Å². The quantitative estimate of drug-likeness (QED) is 0.287. The second-order valence-electron chi connectivity index (χ2n) is 12.0. The van der Waals surface area contributed by atoms with E-state index in [0.29, 0.717) is 23.6 Å². The summed E-state index contributed by atoms with van der Waals surface area (Å²) in [6.07, 6.45) is 15.1. The third-order valence-corrected chi connectivity index (χ3v) is 10.1. The van der Waals surface area contributed by atoms with Gasteiger partial charge in [-0.2, -0.15) is 0 Å². The molecular formula is C31H39ClN6O3S. The van der Waals surface area contributed by atoms with Crippen LogP contribution in [0.2, 0.25) is 0 Å². The Hall–Kier alpha value is -3.08. The standard InChI is InChI=1S/C31H38N6O3S.ClH/c38-28-9-8-27(30(40)34-28)37-19-26(35-36-37)22-16-25(41-20-22)17-29(39)33-24-6-4-21(5-7-24)18-32-23-10-14-31(15-11-23)12-2-1-3-13-31;/h4-7,16,19-20,23,27,32H,1-3,8-15,17-18H2,(H,33,39)(H,34,38,40);1H. The summed E-state index contributed by atoms with van der Waals surface area (Å²) in [5.41, 5.74) is 4.15. The molecule has 9 nitrogen and oxygen atoms in total. The van der Waals surface area contributed by atoms with E-state index in [1.165, 1.54) is 79.4 Å². The zero-order valence-electron chi connectivity index (χ0n) is 23.8. The number of piperidine rings is 1. The molecule has 3 heterocycles. The van der Waals surface area contributed by atoms with E-state index in [2.05, 4.69) is 38.4 Å². The molecule has 6 rings (SSSR count). The van der Waals surface area contributed by atoms with E-state index >= 15 is 0 Å². The number of carbonyl (C=O) groups is 3. The molecular weight excluding hydrogens is 572 g/mol. The fraction of sp³-hybridized carbons (Fsp3) is 0.516. The van der Waals surface area contributed by atoms with E-state index in [4.69, 9.17) is 0 Å². The number of imide groups is 1. The predicted octanol–water partition coefficient (Wildman–Crippen LogP) is 5.57. The van der Waals surface area contributed by atoms with Crippen LogP contribution in [0, 0.1) is 5.41 Å². The van der Waals surface area contributed by atoms with Crippen molar-refractivity contribution in [1.29, 1.82) is 0 Å². The van der Waals surface area contributed by atoms with Crippen LogP contribution >= 0.6 is 23.7 Å². The minimum atomic E-state index is -0.541. The second kappa shape index (κ2) is 13.5. The maximum absolute atomic E-state index is 12.7. The lowest BCUT2D eigenvalue weighted by Crippen LogP contribution is -2.41. The van der Waals surface area contributed by atoms with Gasteiger partial charge < -0.3 is 10.6 Å². The summed E-state index contributed by atoms with van der Waals surface area (Å²) in [4.78, 5) is 37.2. The van der Waals surface area contributed by atoms with Gasteiger partial charge in [-0.25, -0.2) is 4.68 Å². The zero-order chi connectivity index (χ0) is 28.2. The molecule has 1 spiro atoms. The summed E-state index contributed by atoms with van der Waals surface area (Å²) in [6, 6.07) is 10.1. The Morgan fingerprint density at radius 2 is 1.81 bits per heavy atom. The second-order valence-corrected chi connectivity index (χ2v) is 13.0. The van der Waals surface area contributed by atoms with Gasteiger partial charge in [-0.3, -0.25) is 19.7 Å². The van der Waals surface area contributed by atoms with Gasteiger partial charge in [0.15, 0.2) is 0 Å². The zero-order valence-corrected chi connectivity index (χ0v) is 25.4. The Labute approximate surface area is 256 Å². The van der Waals surface area contributed by atoms with Gasteiger partial charge in [0.1, 0.15) is 11.7 Å². The van der Waals surface area contributed by atoms with Crippen molar-refractivity contribution in [3.8, 4) is 11.3 Å². The van der Waals surface area contributed by atoms with Gasteiger partial charge in [-0.15, -0.1) is 28.8 Å². The Morgan fingerprint density at radius 3 is 2.55 bits per heavy atom. The molecule has 1 aliphatic heterocycles. The first kappa shape index (κ1) is 30.4. The van der Waals surface area contributed by atoms with Crippen LogP contribution in [0.25, 0.3) is 11.3 Å². The van der Waals surface area contributed by atoms with Gasteiger partial charge in [0.2, 0.25) is 11.8 Å². The summed E-state index contributed by atoms with van der Waals surface area (Å²) in [6.45, 7) is 0.859. The third kappa shape index (κ3) is 7.27. The monoisotopic (exact) mass is 610 g/mol. The van der Waals surface area contributed by atoms with Crippen LogP contribution in [-0.4, -0.2) is 38.8 Å². The van der Waals surface area contributed by atoms with Crippen molar-refractivity contribution in [2.75, 3.05) is 5.32 Å². The Bertz CT molecular complexity index is 1390. The van der Waals surface area contributed by atoms with Gasteiger partial charge in [-0.05, 0) is 74.1 Å². The number of carbonyl (C=O) groups excluding carboxylic acids is 3. The predicted molar refractivity (Wildman–Crippen MR) is 165 cm³/mol. The summed E-state index contributed by atoms with van der Waals surface area (Å²) >= 11 is 1.49. The van der Waals surface area contributed by atoms with Crippen molar-refractivity contribution in [1.82, 2.24) is 25.6 Å². The molecule has 3 aliphatic rings. The first-order valence-electron chi connectivity index (χ1n) is 14.9. The molecule has 2 aliphatic carbocycles. The smallest absolute Gasteiger partial charge is 0.251 e. The summed E-state index contributed by atoms with van der Waals surface area (Å²) in [5, 5.41) is 19.3. The highest BCUT2D eigenvalue weighted by atomic mass is 35.5. The average Bonchev–Trinajstić information content (AvgIpc) is 3.64. The molecule has 2 saturated carbocycles. The van der Waals surface area contributed by atoms with Crippen LogP contribution < -0.4 is 16.0 Å². The summed E-state index contributed by atoms with van der Waals surface area (Å²) < 4.78 is 1.50. The fourth-order valence-electron chi connectivity index (χ4n) is 6.67. The van der Waals surface area contributed by atoms with Crippen molar-refractivity contribution in [3.05, 3.63) is 52.3 Å². The van der Waals surface area contributed by atoms with Crippen molar-refractivity contribution in [3.63, 3.8) is 0 Å². The minimum Gasteiger partial charge on any atom is -0.326 e. The molecule has 224 valence electrons. The van der Waals surface area contributed by atoms with Crippen LogP contribution in [0.5, 0.6) is 0 Å². The molecule has 11 heteroatoms. The lowest BCUT2D eigenvalue weighted by molar-refractivity contribution is -0.136. The summed E-state index contributed by atoms with van der Waals surface area (Å²) in [7, 11) is 0. The lowest BCUT2D eigenvalue weighted by atomic mass is 9.64. The molecule has 2 aromatic heterocycles. The first-order valence-corrected chi connectivity index (χ1v) is 15.8.